The molecule has 96 valence electrons. The predicted octanol–water partition coefficient (Wildman–Crippen LogP) is 3.40. The van der Waals surface area contributed by atoms with Crippen molar-refractivity contribution in [3.63, 3.8) is 0 Å². The lowest BCUT2D eigenvalue weighted by atomic mass is 9.80. The minimum absolute atomic E-state index is 0.140. The molecule has 0 radical (unpaired) electrons. The Balaban J connectivity index is 2.55. The monoisotopic (exact) mass is 243 g/mol. The maximum Gasteiger partial charge on any atom is 0.143 e. The lowest BCUT2D eigenvalue weighted by molar-refractivity contribution is -0.104. The van der Waals surface area contributed by atoms with Crippen molar-refractivity contribution < 1.29 is 4.79 Å². The van der Waals surface area contributed by atoms with Crippen LogP contribution in [0.15, 0.2) is 24.3 Å². The molecule has 2 heteroatoms. The highest BCUT2D eigenvalue weighted by atomic mass is 16.1. The number of allylic oxidation sites excluding steroid dienone is 2. The molecular weight excluding hydrogens is 222 g/mol. The molecule has 0 saturated heterocycles. The van der Waals surface area contributed by atoms with Gasteiger partial charge < -0.3 is 4.90 Å². The summed E-state index contributed by atoms with van der Waals surface area (Å²) in [6.45, 7) is 8.80. The van der Waals surface area contributed by atoms with E-state index in [0.29, 0.717) is 6.04 Å². The number of carbonyl (C=O) groups is 1. The number of benzene rings is 1. The van der Waals surface area contributed by atoms with Crippen LogP contribution in [0, 0.1) is 0 Å². The molecule has 1 heterocycles. The van der Waals surface area contributed by atoms with Gasteiger partial charge in [0.05, 0.1) is 0 Å². The van der Waals surface area contributed by atoms with E-state index in [2.05, 4.69) is 50.9 Å². The van der Waals surface area contributed by atoms with Crippen molar-refractivity contribution >= 4 is 17.5 Å². The van der Waals surface area contributed by atoms with Crippen LogP contribution >= 0.6 is 0 Å². The van der Waals surface area contributed by atoms with Gasteiger partial charge in [0.25, 0.3) is 0 Å². The number of likely N-dealkylation sites (N-methyl/N-ethyl adjacent to an activating group) is 1. The van der Waals surface area contributed by atoms with Gasteiger partial charge >= 0.3 is 0 Å². The van der Waals surface area contributed by atoms with E-state index in [4.69, 9.17) is 0 Å². The van der Waals surface area contributed by atoms with E-state index in [9.17, 15) is 4.79 Å². The first-order valence-electron chi connectivity index (χ1n) is 6.39. The van der Waals surface area contributed by atoms with Crippen LogP contribution in [0.2, 0.25) is 0 Å². The Morgan fingerprint density at radius 1 is 1.39 bits per heavy atom. The highest BCUT2D eigenvalue weighted by molar-refractivity contribution is 5.82. The SMILES string of the molecule is C/C(=C/C=O)c1ccc2c(c1)C(C)(C)C(C)N2C. The number of hydrogen-bond acceptors (Lipinski definition) is 2. The number of aldehydes is 1. The van der Waals surface area contributed by atoms with Crippen LogP contribution in [-0.2, 0) is 10.2 Å². The van der Waals surface area contributed by atoms with E-state index in [1.807, 2.05) is 6.92 Å². The van der Waals surface area contributed by atoms with Crippen LogP contribution in [-0.4, -0.2) is 19.4 Å². The van der Waals surface area contributed by atoms with Crippen molar-refractivity contribution in [2.45, 2.75) is 39.2 Å². The number of rotatable bonds is 2. The molecule has 1 aliphatic rings. The molecule has 0 spiro atoms. The first-order valence-corrected chi connectivity index (χ1v) is 6.39. The number of hydrogen-bond donors (Lipinski definition) is 0. The van der Waals surface area contributed by atoms with Gasteiger partial charge in [-0.3, -0.25) is 4.79 Å². The van der Waals surface area contributed by atoms with Gasteiger partial charge in [0.2, 0.25) is 0 Å². The highest BCUT2D eigenvalue weighted by Crippen LogP contribution is 2.44. The Morgan fingerprint density at radius 2 is 2.06 bits per heavy atom. The fourth-order valence-corrected chi connectivity index (χ4v) is 2.72. The number of nitrogens with zero attached hydrogens (tertiary/aromatic N) is 1. The summed E-state index contributed by atoms with van der Waals surface area (Å²) in [5, 5.41) is 0. The average molecular weight is 243 g/mol. The minimum Gasteiger partial charge on any atom is -0.371 e. The standard InChI is InChI=1S/C16H21NO/c1-11(8-9-18)13-6-7-15-14(10-13)16(3,4)12(2)17(15)5/h6-10,12H,1-5H3/b11-8-. The van der Waals surface area contributed by atoms with E-state index >= 15 is 0 Å². The first kappa shape index (κ1) is 12.9. The Labute approximate surface area is 109 Å². The third-order valence-electron chi connectivity index (χ3n) is 4.47. The van der Waals surface area contributed by atoms with Gasteiger partial charge in [-0.1, -0.05) is 19.9 Å². The third kappa shape index (κ3) is 1.76. The topological polar surface area (TPSA) is 20.3 Å². The van der Waals surface area contributed by atoms with E-state index in [-0.39, 0.29) is 5.41 Å². The number of anilines is 1. The van der Waals surface area contributed by atoms with Gasteiger partial charge in [-0.25, -0.2) is 0 Å². The Morgan fingerprint density at radius 3 is 2.67 bits per heavy atom. The van der Waals surface area contributed by atoms with Crippen LogP contribution in [0.1, 0.15) is 38.8 Å². The molecule has 1 atom stereocenters. The van der Waals surface area contributed by atoms with Crippen LogP contribution in [0.3, 0.4) is 0 Å². The second-order valence-electron chi connectivity index (χ2n) is 5.73. The molecule has 0 N–H and O–H groups in total. The van der Waals surface area contributed by atoms with Crippen molar-refractivity contribution in [2.75, 3.05) is 11.9 Å². The maximum atomic E-state index is 10.6. The summed E-state index contributed by atoms with van der Waals surface area (Å²) in [4.78, 5) is 12.9. The van der Waals surface area contributed by atoms with Crippen molar-refractivity contribution in [2.24, 2.45) is 0 Å². The van der Waals surface area contributed by atoms with Crippen LogP contribution in [0.5, 0.6) is 0 Å². The van der Waals surface area contributed by atoms with E-state index in [1.54, 1.807) is 6.08 Å². The lowest BCUT2D eigenvalue weighted by Crippen LogP contribution is -2.36. The van der Waals surface area contributed by atoms with Crippen molar-refractivity contribution in [3.8, 4) is 0 Å². The number of carbonyl (C=O) groups excluding carboxylic acids is 1. The van der Waals surface area contributed by atoms with E-state index in [0.717, 1.165) is 17.4 Å². The fourth-order valence-electron chi connectivity index (χ4n) is 2.72. The van der Waals surface area contributed by atoms with Gasteiger partial charge in [0.15, 0.2) is 0 Å². The van der Waals surface area contributed by atoms with Crippen LogP contribution in [0.4, 0.5) is 5.69 Å². The Kier molecular flexibility index (Phi) is 3.05. The zero-order valence-corrected chi connectivity index (χ0v) is 11.8. The Hall–Kier alpha value is -1.57. The summed E-state index contributed by atoms with van der Waals surface area (Å²) in [5.74, 6) is 0. The summed E-state index contributed by atoms with van der Waals surface area (Å²) in [5.41, 5.74) is 4.97. The van der Waals surface area contributed by atoms with E-state index in [1.165, 1.54) is 11.3 Å². The maximum absolute atomic E-state index is 10.6. The van der Waals surface area contributed by atoms with Gasteiger partial charge in [-0.05, 0) is 48.8 Å². The fraction of sp³-hybridized carbons (Fsp3) is 0.438. The molecule has 0 amide bonds. The van der Waals surface area contributed by atoms with Gasteiger partial charge in [-0.2, -0.15) is 0 Å². The molecule has 1 aliphatic heterocycles. The molecular formula is C16H21NO. The molecule has 0 aliphatic carbocycles. The summed E-state index contributed by atoms with van der Waals surface area (Å²) in [7, 11) is 2.14. The average Bonchev–Trinajstić information content (AvgIpc) is 2.51. The van der Waals surface area contributed by atoms with Gasteiger partial charge in [0, 0.05) is 24.2 Å². The molecule has 0 saturated carbocycles. The zero-order valence-electron chi connectivity index (χ0n) is 11.8. The smallest absolute Gasteiger partial charge is 0.143 e. The predicted molar refractivity (Wildman–Crippen MR) is 77.0 cm³/mol. The summed E-state index contributed by atoms with van der Waals surface area (Å²) >= 11 is 0. The van der Waals surface area contributed by atoms with Crippen molar-refractivity contribution in [1.82, 2.24) is 0 Å². The van der Waals surface area contributed by atoms with Gasteiger partial charge in [-0.15, -0.1) is 0 Å². The molecule has 0 aromatic heterocycles. The normalized spacial score (nSPS) is 21.9. The molecule has 0 fully saturated rings. The van der Waals surface area contributed by atoms with Crippen LogP contribution in [0.25, 0.3) is 5.57 Å². The Bertz CT molecular complexity index is 514. The van der Waals surface area contributed by atoms with Gasteiger partial charge in [0.1, 0.15) is 6.29 Å². The molecule has 1 aromatic rings. The molecule has 1 unspecified atom stereocenters. The van der Waals surface area contributed by atoms with E-state index < -0.39 is 0 Å². The van der Waals surface area contributed by atoms with Crippen LogP contribution < -0.4 is 4.90 Å². The summed E-state index contributed by atoms with van der Waals surface area (Å²) in [6.07, 6.45) is 2.47. The summed E-state index contributed by atoms with van der Waals surface area (Å²) < 4.78 is 0. The summed E-state index contributed by atoms with van der Waals surface area (Å²) in [6, 6.07) is 6.97. The molecule has 18 heavy (non-hydrogen) atoms. The third-order valence-corrected chi connectivity index (χ3v) is 4.47. The second-order valence-corrected chi connectivity index (χ2v) is 5.73. The molecule has 1 aromatic carbocycles. The molecule has 2 rings (SSSR count). The van der Waals surface area contributed by atoms with Crippen molar-refractivity contribution in [3.05, 3.63) is 35.4 Å². The molecule has 0 bridgehead atoms. The minimum atomic E-state index is 0.140. The first-order chi connectivity index (χ1) is 8.39. The lowest BCUT2D eigenvalue weighted by Gasteiger charge is -2.28. The highest BCUT2D eigenvalue weighted by Gasteiger charge is 2.40. The quantitative estimate of drug-likeness (QED) is 0.586. The largest absolute Gasteiger partial charge is 0.371 e. The van der Waals surface area contributed by atoms with Crippen molar-refractivity contribution in [1.29, 1.82) is 0 Å². The zero-order chi connectivity index (χ0) is 13.5. The number of fused-ring (bicyclic) bond motifs is 1. The molecule has 2 nitrogen and oxygen atoms in total. The second kappa shape index (κ2) is 4.27.